The maximum absolute atomic E-state index is 13.5. The Bertz CT molecular complexity index is 1390. The summed E-state index contributed by atoms with van der Waals surface area (Å²) in [4.78, 5) is 23.6. The van der Waals surface area contributed by atoms with Crippen LogP contribution in [0.2, 0.25) is 5.02 Å². The molecule has 1 fully saturated rings. The molecule has 0 spiro atoms. The largest absolute Gasteiger partial charge is 0.367 e. The van der Waals surface area contributed by atoms with Crippen molar-refractivity contribution in [2.24, 2.45) is 0 Å². The van der Waals surface area contributed by atoms with Gasteiger partial charge in [-0.2, -0.15) is 4.98 Å². The van der Waals surface area contributed by atoms with E-state index in [-0.39, 0.29) is 22.9 Å². The maximum Gasteiger partial charge on any atom is 0.321 e. The highest BCUT2D eigenvalue weighted by Gasteiger charge is 2.24. The summed E-state index contributed by atoms with van der Waals surface area (Å²) in [6, 6.07) is 17.6. The fraction of sp³-hybridized carbons (Fsp3) is 0.192. The van der Waals surface area contributed by atoms with E-state index in [0.717, 1.165) is 23.7 Å². The molecule has 5 rings (SSSR count). The number of aromatic nitrogens is 2. The number of para-hydroxylation sites is 1. The summed E-state index contributed by atoms with van der Waals surface area (Å²) in [5, 5.41) is 10.3. The topological polar surface area (TPSA) is 82.2 Å². The summed E-state index contributed by atoms with van der Waals surface area (Å²) >= 11 is 5.91. The van der Waals surface area contributed by atoms with E-state index in [0.29, 0.717) is 36.2 Å². The first-order valence-electron chi connectivity index (χ1n) is 11.5. The van der Waals surface area contributed by atoms with E-state index in [1.54, 1.807) is 11.0 Å². The van der Waals surface area contributed by atoms with E-state index in [9.17, 15) is 13.6 Å². The Kier molecular flexibility index (Phi) is 6.81. The van der Waals surface area contributed by atoms with Crippen LogP contribution < -0.4 is 16.0 Å². The molecule has 184 valence electrons. The van der Waals surface area contributed by atoms with Crippen LogP contribution in [0.3, 0.4) is 0 Å². The highest BCUT2D eigenvalue weighted by molar-refractivity contribution is 6.31. The van der Waals surface area contributed by atoms with Gasteiger partial charge < -0.3 is 20.9 Å². The zero-order valence-electron chi connectivity index (χ0n) is 19.1. The van der Waals surface area contributed by atoms with Crippen molar-refractivity contribution in [3.05, 3.63) is 83.4 Å². The maximum atomic E-state index is 13.5. The van der Waals surface area contributed by atoms with Crippen LogP contribution >= 0.6 is 11.6 Å². The fourth-order valence-electron chi connectivity index (χ4n) is 4.10. The van der Waals surface area contributed by atoms with Gasteiger partial charge in [-0.15, -0.1) is 0 Å². The van der Waals surface area contributed by atoms with Gasteiger partial charge in [0.25, 0.3) is 0 Å². The Labute approximate surface area is 211 Å². The number of benzene rings is 3. The van der Waals surface area contributed by atoms with Crippen molar-refractivity contribution in [1.29, 1.82) is 0 Å². The molecule has 1 saturated heterocycles. The second-order valence-electron chi connectivity index (χ2n) is 8.51. The number of piperidine rings is 1. The third kappa shape index (κ3) is 5.46. The molecular formula is C26H23ClF2N6O. The Morgan fingerprint density at radius 2 is 1.67 bits per heavy atom. The van der Waals surface area contributed by atoms with Gasteiger partial charge in [0.1, 0.15) is 17.5 Å². The predicted molar refractivity (Wildman–Crippen MR) is 138 cm³/mol. The number of carbonyl (C=O) groups is 1. The molecule has 2 heterocycles. The Morgan fingerprint density at radius 1 is 0.944 bits per heavy atom. The average molecular weight is 509 g/mol. The zero-order valence-corrected chi connectivity index (χ0v) is 19.9. The van der Waals surface area contributed by atoms with Crippen molar-refractivity contribution in [3.63, 3.8) is 0 Å². The third-order valence-electron chi connectivity index (χ3n) is 6.00. The number of hydrogen-bond donors (Lipinski definition) is 3. The molecule has 0 aliphatic carbocycles. The molecule has 7 nitrogen and oxygen atoms in total. The lowest BCUT2D eigenvalue weighted by Crippen LogP contribution is -2.44. The lowest BCUT2D eigenvalue weighted by atomic mass is 10.0. The van der Waals surface area contributed by atoms with Gasteiger partial charge in [-0.3, -0.25) is 0 Å². The number of nitrogens with one attached hydrogen (secondary N) is 3. The van der Waals surface area contributed by atoms with Crippen LogP contribution in [0.5, 0.6) is 0 Å². The molecule has 0 unspecified atom stereocenters. The third-order valence-corrected chi connectivity index (χ3v) is 6.29. The van der Waals surface area contributed by atoms with E-state index < -0.39 is 5.82 Å². The number of halogens is 3. The van der Waals surface area contributed by atoms with Gasteiger partial charge >= 0.3 is 6.03 Å². The van der Waals surface area contributed by atoms with Crippen LogP contribution in [-0.4, -0.2) is 40.0 Å². The summed E-state index contributed by atoms with van der Waals surface area (Å²) in [5.41, 5.74) is 1.88. The molecule has 36 heavy (non-hydrogen) atoms. The van der Waals surface area contributed by atoms with Gasteiger partial charge in [-0.1, -0.05) is 23.7 Å². The zero-order chi connectivity index (χ0) is 25.1. The molecule has 0 radical (unpaired) electrons. The molecule has 3 aromatic carbocycles. The van der Waals surface area contributed by atoms with Crippen molar-refractivity contribution in [1.82, 2.24) is 14.9 Å². The number of amides is 2. The van der Waals surface area contributed by atoms with E-state index in [1.165, 1.54) is 36.4 Å². The number of urea groups is 1. The lowest BCUT2D eigenvalue weighted by molar-refractivity contribution is 0.197. The summed E-state index contributed by atoms with van der Waals surface area (Å²) in [6.45, 7) is 1.12. The number of rotatable bonds is 5. The first kappa shape index (κ1) is 23.7. The first-order valence-corrected chi connectivity index (χ1v) is 11.9. The van der Waals surface area contributed by atoms with E-state index in [4.69, 9.17) is 11.6 Å². The normalized spacial score (nSPS) is 14.0. The minimum Gasteiger partial charge on any atom is -0.367 e. The number of nitrogens with zero attached hydrogens (tertiary/aromatic N) is 3. The lowest BCUT2D eigenvalue weighted by Gasteiger charge is -2.32. The van der Waals surface area contributed by atoms with Gasteiger partial charge in [0, 0.05) is 35.9 Å². The molecule has 10 heteroatoms. The van der Waals surface area contributed by atoms with E-state index in [1.807, 2.05) is 24.3 Å². The fourth-order valence-corrected chi connectivity index (χ4v) is 4.28. The second kappa shape index (κ2) is 10.3. The molecule has 1 aromatic heterocycles. The highest BCUT2D eigenvalue weighted by atomic mass is 35.5. The van der Waals surface area contributed by atoms with Crippen molar-refractivity contribution in [2.45, 2.75) is 18.9 Å². The minimum absolute atomic E-state index is 0.00867. The molecule has 1 aliphatic rings. The van der Waals surface area contributed by atoms with Gasteiger partial charge in [0.15, 0.2) is 0 Å². The van der Waals surface area contributed by atoms with Crippen molar-refractivity contribution < 1.29 is 13.6 Å². The van der Waals surface area contributed by atoms with Crippen molar-refractivity contribution in [2.75, 3.05) is 29.0 Å². The van der Waals surface area contributed by atoms with Crippen molar-refractivity contribution >= 4 is 51.7 Å². The van der Waals surface area contributed by atoms with Crippen LogP contribution in [0.1, 0.15) is 12.8 Å². The summed E-state index contributed by atoms with van der Waals surface area (Å²) in [5.74, 6) is 0.180. The summed E-state index contributed by atoms with van der Waals surface area (Å²) in [6.07, 6.45) is 1.46. The van der Waals surface area contributed by atoms with Crippen molar-refractivity contribution in [3.8, 4) is 0 Å². The molecule has 3 N–H and O–H groups in total. The standard InChI is InChI=1S/C26H23ClF2N6O/c27-21-15-19(9-10-22(21)29)31-25-33-23-4-2-1-3-20(23)24(34-25)30-18-11-13-35(14-12-18)26(36)32-17-7-5-16(28)6-8-17/h1-10,15,18H,11-14H2,(H,32,36)(H2,30,31,33,34). The molecule has 1 aliphatic heterocycles. The first-order chi connectivity index (χ1) is 17.4. The molecular weight excluding hydrogens is 486 g/mol. The van der Waals surface area contributed by atoms with Gasteiger partial charge in [0.2, 0.25) is 5.95 Å². The Morgan fingerprint density at radius 3 is 2.42 bits per heavy atom. The molecule has 4 aromatic rings. The van der Waals surface area contributed by atoms with E-state index in [2.05, 4.69) is 25.9 Å². The number of hydrogen-bond acceptors (Lipinski definition) is 5. The molecule has 2 amide bonds. The van der Waals surface area contributed by atoms with Gasteiger partial charge in [0.05, 0.1) is 10.5 Å². The SMILES string of the molecule is O=C(Nc1ccc(F)cc1)N1CCC(Nc2nc(Nc3ccc(F)c(Cl)c3)nc3ccccc23)CC1. The second-order valence-corrected chi connectivity index (χ2v) is 8.92. The van der Waals surface area contributed by atoms with Crippen LogP contribution in [-0.2, 0) is 0 Å². The Hall–Kier alpha value is -3.98. The van der Waals surface area contributed by atoms with Gasteiger partial charge in [-0.05, 0) is 67.4 Å². The number of carbonyl (C=O) groups excluding carboxylic acids is 1. The Balaban J connectivity index is 1.27. The van der Waals surface area contributed by atoms with Crippen LogP contribution in [0.15, 0.2) is 66.7 Å². The predicted octanol–water partition coefficient (Wildman–Crippen LogP) is 6.41. The molecule has 0 saturated carbocycles. The number of likely N-dealkylation sites (tertiary alicyclic amines) is 1. The van der Waals surface area contributed by atoms with Crippen LogP contribution in [0, 0.1) is 11.6 Å². The number of anilines is 4. The van der Waals surface area contributed by atoms with Crippen LogP contribution in [0.25, 0.3) is 10.9 Å². The monoisotopic (exact) mass is 508 g/mol. The summed E-state index contributed by atoms with van der Waals surface area (Å²) in [7, 11) is 0. The smallest absolute Gasteiger partial charge is 0.321 e. The van der Waals surface area contributed by atoms with Gasteiger partial charge in [-0.25, -0.2) is 18.6 Å². The highest BCUT2D eigenvalue weighted by Crippen LogP contribution is 2.27. The van der Waals surface area contributed by atoms with E-state index >= 15 is 0 Å². The molecule has 0 bridgehead atoms. The quantitative estimate of drug-likeness (QED) is 0.290. The molecule has 0 atom stereocenters. The average Bonchev–Trinajstić information content (AvgIpc) is 2.88. The summed E-state index contributed by atoms with van der Waals surface area (Å²) < 4.78 is 26.6. The number of fused-ring (bicyclic) bond motifs is 1. The minimum atomic E-state index is -0.498. The van der Waals surface area contributed by atoms with Crippen LogP contribution in [0.4, 0.5) is 36.7 Å².